The van der Waals surface area contributed by atoms with Gasteiger partial charge < -0.3 is 10.8 Å². The summed E-state index contributed by atoms with van der Waals surface area (Å²) in [6.45, 7) is 0. The van der Waals surface area contributed by atoms with Crippen LogP contribution < -0.4 is 5.73 Å². The Labute approximate surface area is 61.8 Å². The van der Waals surface area contributed by atoms with Crippen LogP contribution in [0.25, 0.3) is 0 Å². The minimum absolute atomic E-state index is 0. The summed E-state index contributed by atoms with van der Waals surface area (Å²) in [6.07, 6.45) is 4.03. The van der Waals surface area contributed by atoms with Crippen LogP contribution in [-0.2, 0) is 0 Å². The van der Waals surface area contributed by atoms with Gasteiger partial charge in [-0.15, -0.1) is 12.4 Å². The molecule has 0 aromatic rings. The Morgan fingerprint density at radius 2 is 1.78 bits per heavy atom. The molecule has 1 saturated carbocycles. The lowest BCUT2D eigenvalue weighted by molar-refractivity contribution is 0.108. The molecule has 0 radical (unpaired) electrons. The van der Waals surface area contributed by atoms with E-state index in [1.165, 1.54) is 6.42 Å². The summed E-state index contributed by atoms with van der Waals surface area (Å²) in [5.41, 5.74) is 5.53. The van der Waals surface area contributed by atoms with Crippen molar-refractivity contribution in [3.8, 4) is 0 Å². The Morgan fingerprint density at radius 1 is 1.22 bits per heavy atom. The maximum Gasteiger partial charge on any atom is 0.0691 e. The minimum Gasteiger partial charge on any atom is -0.392 e. The summed E-state index contributed by atoms with van der Waals surface area (Å²) in [7, 11) is 0. The number of aliphatic hydroxyl groups excluding tert-OH is 1. The van der Waals surface area contributed by atoms with Crippen molar-refractivity contribution in [3.05, 3.63) is 0 Å². The van der Waals surface area contributed by atoms with Crippen LogP contribution >= 0.6 is 12.4 Å². The number of hydrogen-bond donors (Lipinski definition) is 2. The van der Waals surface area contributed by atoms with Crippen LogP contribution in [0.5, 0.6) is 0 Å². The van der Waals surface area contributed by atoms with E-state index < -0.39 is 0 Å². The molecule has 2 nitrogen and oxygen atoms in total. The van der Waals surface area contributed by atoms with Gasteiger partial charge in [-0.25, -0.2) is 0 Å². The van der Waals surface area contributed by atoms with Gasteiger partial charge in [-0.05, 0) is 12.8 Å². The van der Waals surface area contributed by atoms with Gasteiger partial charge in [0.1, 0.15) is 0 Å². The Hall–Kier alpha value is 0.210. The fourth-order valence-corrected chi connectivity index (χ4v) is 1.14. The predicted octanol–water partition coefficient (Wildman–Crippen LogP) is 0.670. The molecule has 0 amide bonds. The van der Waals surface area contributed by atoms with E-state index in [-0.39, 0.29) is 24.6 Å². The SMILES string of the molecule is Cl.N[C@@H]1CCCC[C@H]1O. The molecular formula is C6H14ClNO. The zero-order chi connectivity index (χ0) is 5.98. The van der Waals surface area contributed by atoms with E-state index in [1.807, 2.05) is 0 Å². The number of aliphatic hydroxyl groups is 1. The quantitative estimate of drug-likeness (QED) is 0.535. The highest BCUT2D eigenvalue weighted by Gasteiger charge is 2.17. The van der Waals surface area contributed by atoms with Crippen molar-refractivity contribution in [3.63, 3.8) is 0 Å². The second kappa shape index (κ2) is 4.09. The van der Waals surface area contributed by atoms with E-state index in [9.17, 15) is 0 Å². The van der Waals surface area contributed by atoms with E-state index in [1.54, 1.807) is 0 Å². The summed E-state index contributed by atoms with van der Waals surface area (Å²) in [5.74, 6) is 0. The molecule has 1 aliphatic carbocycles. The van der Waals surface area contributed by atoms with E-state index in [4.69, 9.17) is 10.8 Å². The van der Waals surface area contributed by atoms with E-state index in [0.29, 0.717) is 0 Å². The molecule has 0 saturated heterocycles. The highest BCUT2D eigenvalue weighted by atomic mass is 35.5. The standard InChI is InChI=1S/C6H13NO.ClH/c7-5-3-1-2-4-6(5)8;/h5-6,8H,1-4,7H2;1H/t5-,6-;/m1./s1. The average molecular weight is 152 g/mol. The second-order valence-electron chi connectivity index (χ2n) is 2.52. The molecule has 3 heteroatoms. The Bertz CT molecular complexity index is 69.5. The van der Waals surface area contributed by atoms with Gasteiger partial charge in [0, 0.05) is 6.04 Å². The molecule has 1 aliphatic rings. The molecule has 0 unspecified atom stereocenters. The topological polar surface area (TPSA) is 46.2 Å². The molecule has 0 aromatic carbocycles. The van der Waals surface area contributed by atoms with Gasteiger partial charge in [0.25, 0.3) is 0 Å². The second-order valence-corrected chi connectivity index (χ2v) is 2.52. The number of hydrogen-bond acceptors (Lipinski definition) is 2. The Morgan fingerprint density at radius 3 is 2.11 bits per heavy atom. The third-order valence-electron chi connectivity index (χ3n) is 1.78. The van der Waals surface area contributed by atoms with Crippen LogP contribution in [0.15, 0.2) is 0 Å². The van der Waals surface area contributed by atoms with E-state index in [0.717, 1.165) is 19.3 Å². The molecule has 9 heavy (non-hydrogen) atoms. The summed E-state index contributed by atoms with van der Waals surface area (Å²) in [4.78, 5) is 0. The number of nitrogens with two attached hydrogens (primary N) is 1. The monoisotopic (exact) mass is 151 g/mol. The zero-order valence-electron chi connectivity index (χ0n) is 5.42. The first kappa shape index (κ1) is 9.21. The molecular weight excluding hydrogens is 138 g/mol. The first-order chi connectivity index (χ1) is 3.80. The fraction of sp³-hybridized carbons (Fsp3) is 1.00. The third-order valence-corrected chi connectivity index (χ3v) is 1.78. The average Bonchev–Trinajstić information content (AvgIpc) is 1.77. The van der Waals surface area contributed by atoms with Crippen LogP contribution in [0.1, 0.15) is 25.7 Å². The molecule has 0 bridgehead atoms. The van der Waals surface area contributed by atoms with Crippen molar-refractivity contribution in [2.75, 3.05) is 0 Å². The highest BCUT2D eigenvalue weighted by Crippen LogP contribution is 2.15. The van der Waals surface area contributed by atoms with Crippen molar-refractivity contribution < 1.29 is 5.11 Å². The van der Waals surface area contributed by atoms with Crippen molar-refractivity contribution in [2.24, 2.45) is 5.73 Å². The van der Waals surface area contributed by atoms with Gasteiger partial charge in [-0.3, -0.25) is 0 Å². The van der Waals surface area contributed by atoms with Crippen molar-refractivity contribution in [2.45, 2.75) is 37.8 Å². The highest BCUT2D eigenvalue weighted by molar-refractivity contribution is 5.85. The molecule has 1 rings (SSSR count). The fourth-order valence-electron chi connectivity index (χ4n) is 1.14. The van der Waals surface area contributed by atoms with Crippen LogP contribution in [-0.4, -0.2) is 17.3 Å². The van der Waals surface area contributed by atoms with Crippen LogP contribution in [0.2, 0.25) is 0 Å². The Balaban J connectivity index is 0.000000640. The summed E-state index contributed by atoms with van der Waals surface area (Å²) in [6, 6.07) is 0.0590. The molecule has 3 N–H and O–H groups in total. The van der Waals surface area contributed by atoms with Crippen LogP contribution in [0, 0.1) is 0 Å². The lowest BCUT2D eigenvalue weighted by Crippen LogP contribution is -2.37. The molecule has 0 aromatic heterocycles. The van der Waals surface area contributed by atoms with Gasteiger partial charge in [0.15, 0.2) is 0 Å². The third kappa shape index (κ3) is 2.52. The minimum atomic E-state index is -0.219. The van der Waals surface area contributed by atoms with E-state index in [2.05, 4.69) is 0 Å². The first-order valence-electron chi connectivity index (χ1n) is 3.24. The summed E-state index contributed by atoms with van der Waals surface area (Å²) >= 11 is 0. The molecule has 0 heterocycles. The van der Waals surface area contributed by atoms with Gasteiger partial charge >= 0.3 is 0 Å². The van der Waals surface area contributed by atoms with Crippen molar-refractivity contribution in [1.82, 2.24) is 0 Å². The summed E-state index contributed by atoms with van der Waals surface area (Å²) in [5, 5.41) is 9.05. The van der Waals surface area contributed by atoms with E-state index >= 15 is 0 Å². The van der Waals surface area contributed by atoms with Gasteiger partial charge in [-0.2, -0.15) is 0 Å². The van der Waals surface area contributed by atoms with Crippen molar-refractivity contribution >= 4 is 12.4 Å². The first-order valence-corrected chi connectivity index (χ1v) is 3.24. The number of halogens is 1. The predicted molar refractivity (Wildman–Crippen MR) is 39.7 cm³/mol. The van der Waals surface area contributed by atoms with Gasteiger partial charge in [-0.1, -0.05) is 12.8 Å². The smallest absolute Gasteiger partial charge is 0.0691 e. The van der Waals surface area contributed by atoms with Gasteiger partial charge in [0.05, 0.1) is 6.10 Å². The molecule has 1 fully saturated rings. The van der Waals surface area contributed by atoms with Crippen LogP contribution in [0.3, 0.4) is 0 Å². The lowest BCUT2D eigenvalue weighted by Gasteiger charge is -2.23. The molecule has 0 aliphatic heterocycles. The molecule has 56 valence electrons. The normalized spacial score (nSPS) is 35.3. The number of rotatable bonds is 0. The maximum absolute atomic E-state index is 9.05. The lowest BCUT2D eigenvalue weighted by atomic mass is 9.94. The van der Waals surface area contributed by atoms with Gasteiger partial charge in [0.2, 0.25) is 0 Å². The Kier molecular flexibility index (Phi) is 4.19. The molecule has 2 atom stereocenters. The molecule has 0 spiro atoms. The maximum atomic E-state index is 9.05. The largest absolute Gasteiger partial charge is 0.392 e. The summed E-state index contributed by atoms with van der Waals surface area (Å²) < 4.78 is 0. The van der Waals surface area contributed by atoms with Crippen LogP contribution in [0.4, 0.5) is 0 Å². The van der Waals surface area contributed by atoms with Crippen molar-refractivity contribution in [1.29, 1.82) is 0 Å². The zero-order valence-corrected chi connectivity index (χ0v) is 6.23.